The first-order chi connectivity index (χ1) is 17.8. The van der Waals surface area contributed by atoms with E-state index in [0.717, 1.165) is 11.8 Å². The second-order valence-corrected chi connectivity index (χ2v) is 8.17. The Balaban J connectivity index is 1.65. The molecule has 2 heterocycles. The molecule has 37 heavy (non-hydrogen) atoms. The number of rotatable bonds is 9. The number of phenols is 1. The number of aromatic amines is 1. The van der Waals surface area contributed by atoms with Gasteiger partial charge in [0.1, 0.15) is 11.3 Å². The zero-order chi connectivity index (χ0) is 26.5. The van der Waals surface area contributed by atoms with Gasteiger partial charge in [0.15, 0.2) is 23.0 Å². The second-order valence-electron chi connectivity index (χ2n) is 8.17. The molecule has 194 valence electrons. The number of esters is 1. The van der Waals surface area contributed by atoms with E-state index in [1.54, 1.807) is 31.2 Å². The molecule has 0 fully saturated rings. The lowest BCUT2D eigenvalue weighted by Gasteiger charge is -2.20. The number of aromatic hydroxyl groups is 2. The highest BCUT2D eigenvalue weighted by molar-refractivity contribution is 5.92. The number of methoxy groups -OCH3 is 1. The summed E-state index contributed by atoms with van der Waals surface area (Å²) in [4.78, 5) is 40.6. The molecule has 0 bridgehead atoms. The predicted octanol–water partition coefficient (Wildman–Crippen LogP) is 2.54. The molecule has 11 nitrogen and oxygen atoms in total. The van der Waals surface area contributed by atoms with Gasteiger partial charge in [-0.2, -0.15) is 0 Å². The molecule has 1 atom stereocenters. The standard InChI is InChI=1S/C26H26N2O9/c1-3-35-26(33)17-12-28-25(32)23(24(17)31)16(15-5-7-19(34-2)18(29)9-15)10-22(30)27-11-14-4-6-20-21(8-14)37-13-36-20/h4-9,12,16,29H,3,10-11,13H2,1-2H3,(H,27,30)(H2,28,31,32)/t16-/m1/s1. The van der Waals surface area contributed by atoms with E-state index < -0.39 is 29.1 Å². The lowest BCUT2D eigenvalue weighted by molar-refractivity contribution is -0.121. The van der Waals surface area contributed by atoms with E-state index in [4.69, 9.17) is 18.9 Å². The van der Waals surface area contributed by atoms with Gasteiger partial charge in [0.05, 0.1) is 19.3 Å². The van der Waals surface area contributed by atoms with Crippen molar-refractivity contribution in [1.29, 1.82) is 0 Å². The van der Waals surface area contributed by atoms with Crippen LogP contribution in [0, 0.1) is 0 Å². The molecule has 4 N–H and O–H groups in total. The van der Waals surface area contributed by atoms with Crippen molar-refractivity contribution in [2.24, 2.45) is 0 Å². The lowest BCUT2D eigenvalue weighted by Crippen LogP contribution is -2.27. The first kappa shape index (κ1) is 25.4. The van der Waals surface area contributed by atoms with E-state index in [0.29, 0.717) is 17.1 Å². The highest BCUT2D eigenvalue weighted by atomic mass is 16.7. The number of fused-ring (bicyclic) bond motifs is 1. The van der Waals surface area contributed by atoms with Gasteiger partial charge in [-0.25, -0.2) is 4.79 Å². The largest absolute Gasteiger partial charge is 0.506 e. The van der Waals surface area contributed by atoms with Gasteiger partial charge in [-0.15, -0.1) is 0 Å². The van der Waals surface area contributed by atoms with E-state index in [9.17, 15) is 24.6 Å². The smallest absolute Gasteiger partial charge is 0.343 e. The number of pyridine rings is 1. The summed E-state index contributed by atoms with van der Waals surface area (Å²) in [7, 11) is 1.38. The van der Waals surface area contributed by atoms with Crippen LogP contribution in [0.3, 0.4) is 0 Å². The van der Waals surface area contributed by atoms with Crippen LogP contribution in [0.2, 0.25) is 0 Å². The average Bonchev–Trinajstić information content (AvgIpc) is 3.35. The molecule has 0 saturated carbocycles. The summed E-state index contributed by atoms with van der Waals surface area (Å²) >= 11 is 0. The molecule has 1 aliphatic heterocycles. The van der Waals surface area contributed by atoms with Gasteiger partial charge in [-0.05, 0) is 42.3 Å². The number of hydrogen-bond donors (Lipinski definition) is 4. The molecule has 1 aromatic heterocycles. The number of benzene rings is 2. The minimum absolute atomic E-state index is 0.0603. The number of H-pyrrole nitrogens is 1. The SMILES string of the molecule is CCOC(=O)c1c[nH]c(=O)c([C@H](CC(=O)NCc2ccc3c(c2)OCO3)c2ccc(OC)c(O)c2)c1O. The molecule has 0 unspecified atom stereocenters. The van der Waals surface area contributed by atoms with Crippen molar-refractivity contribution in [3.63, 3.8) is 0 Å². The molecule has 0 radical (unpaired) electrons. The molecule has 0 saturated heterocycles. The van der Waals surface area contributed by atoms with E-state index in [-0.39, 0.29) is 49.0 Å². The number of ether oxygens (including phenoxy) is 4. The van der Waals surface area contributed by atoms with Crippen LogP contribution in [0.5, 0.6) is 28.7 Å². The molecular formula is C26H26N2O9. The minimum Gasteiger partial charge on any atom is -0.506 e. The molecule has 0 aliphatic carbocycles. The second kappa shape index (κ2) is 10.9. The Bertz CT molecular complexity index is 1380. The van der Waals surface area contributed by atoms with Crippen molar-refractivity contribution in [3.05, 3.63) is 75.2 Å². The minimum atomic E-state index is -1.02. The van der Waals surface area contributed by atoms with Crippen LogP contribution in [-0.4, -0.2) is 47.6 Å². The summed E-state index contributed by atoms with van der Waals surface area (Å²) in [5, 5.41) is 24.0. The normalized spacial score (nSPS) is 12.6. The van der Waals surface area contributed by atoms with Gasteiger partial charge in [0.2, 0.25) is 12.7 Å². The fourth-order valence-corrected chi connectivity index (χ4v) is 4.04. The van der Waals surface area contributed by atoms with Gasteiger partial charge < -0.3 is 39.5 Å². The summed E-state index contributed by atoms with van der Waals surface area (Å²) in [5.74, 6) is -1.75. The van der Waals surface area contributed by atoms with Crippen LogP contribution in [0.25, 0.3) is 0 Å². The summed E-state index contributed by atoms with van der Waals surface area (Å²) < 4.78 is 20.7. The molecular weight excluding hydrogens is 484 g/mol. The molecule has 0 spiro atoms. The summed E-state index contributed by atoms with van der Waals surface area (Å²) in [6, 6.07) is 9.65. The van der Waals surface area contributed by atoms with E-state index in [2.05, 4.69) is 10.3 Å². The topological polar surface area (TPSA) is 156 Å². The maximum atomic E-state index is 13.0. The van der Waals surface area contributed by atoms with Crippen LogP contribution < -0.4 is 25.1 Å². The number of hydrogen-bond acceptors (Lipinski definition) is 9. The highest BCUT2D eigenvalue weighted by Gasteiger charge is 2.29. The molecule has 1 amide bonds. The van der Waals surface area contributed by atoms with Crippen LogP contribution in [-0.2, 0) is 16.1 Å². The first-order valence-corrected chi connectivity index (χ1v) is 11.5. The zero-order valence-electron chi connectivity index (χ0n) is 20.2. The molecule has 4 rings (SSSR count). The lowest BCUT2D eigenvalue weighted by atomic mass is 9.87. The number of aromatic nitrogens is 1. The number of phenolic OH excluding ortho intramolecular Hbond substituents is 1. The predicted molar refractivity (Wildman–Crippen MR) is 130 cm³/mol. The van der Waals surface area contributed by atoms with Crippen molar-refractivity contribution in [1.82, 2.24) is 10.3 Å². The Morgan fingerprint density at radius 1 is 1.14 bits per heavy atom. The van der Waals surface area contributed by atoms with Gasteiger partial charge in [0, 0.05) is 25.1 Å². The third-order valence-corrected chi connectivity index (χ3v) is 5.87. The number of amides is 1. The third kappa shape index (κ3) is 5.45. The van der Waals surface area contributed by atoms with Gasteiger partial charge in [-0.3, -0.25) is 9.59 Å². The van der Waals surface area contributed by atoms with Gasteiger partial charge >= 0.3 is 5.97 Å². The van der Waals surface area contributed by atoms with Crippen molar-refractivity contribution in [3.8, 4) is 28.7 Å². The Morgan fingerprint density at radius 2 is 1.92 bits per heavy atom. The van der Waals surface area contributed by atoms with E-state index in [1.165, 1.54) is 19.2 Å². The molecule has 2 aromatic carbocycles. The van der Waals surface area contributed by atoms with Crippen molar-refractivity contribution >= 4 is 11.9 Å². The quantitative estimate of drug-likeness (QED) is 0.318. The Labute approximate surface area is 211 Å². The fraction of sp³-hybridized carbons (Fsp3) is 0.269. The third-order valence-electron chi connectivity index (χ3n) is 5.87. The van der Waals surface area contributed by atoms with Crippen molar-refractivity contribution in [2.75, 3.05) is 20.5 Å². The summed E-state index contributed by atoms with van der Waals surface area (Å²) in [6.45, 7) is 1.96. The highest BCUT2D eigenvalue weighted by Crippen LogP contribution is 2.37. The van der Waals surface area contributed by atoms with Crippen LogP contribution in [0.4, 0.5) is 0 Å². The van der Waals surface area contributed by atoms with Crippen LogP contribution in [0.15, 0.2) is 47.4 Å². The fourth-order valence-electron chi connectivity index (χ4n) is 4.04. The molecule has 1 aliphatic rings. The maximum Gasteiger partial charge on any atom is 0.343 e. The van der Waals surface area contributed by atoms with Gasteiger partial charge in [-0.1, -0.05) is 12.1 Å². The van der Waals surface area contributed by atoms with Crippen molar-refractivity contribution < 1.29 is 38.7 Å². The summed E-state index contributed by atoms with van der Waals surface area (Å²) in [5.41, 5.74) is -0.0534. The monoisotopic (exact) mass is 510 g/mol. The molecule has 3 aromatic rings. The van der Waals surface area contributed by atoms with Crippen molar-refractivity contribution in [2.45, 2.75) is 25.8 Å². The average molecular weight is 510 g/mol. The number of carbonyl (C=O) groups is 2. The Morgan fingerprint density at radius 3 is 2.65 bits per heavy atom. The van der Waals surface area contributed by atoms with E-state index in [1.807, 2.05) is 0 Å². The summed E-state index contributed by atoms with van der Waals surface area (Å²) in [6.07, 6.45) is 0.778. The number of carbonyl (C=O) groups excluding carboxylic acids is 2. The first-order valence-electron chi connectivity index (χ1n) is 11.5. The van der Waals surface area contributed by atoms with Crippen LogP contribution >= 0.6 is 0 Å². The number of nitrogens with one attached hydrogen (secondary N) is 2. The van der Waals surface area contributed by atoms with E-state index >= 15 is 0 Å². The van der Waals surface area contributed by atoms with Gasteiger partial charge in [0.25, 0.3) is 5.56 Å². The maximum absolute atomic E-state index is 13.0. The van der Waals surface area contributed by atoms with Crippen LogP contribution in [0.1, 0.15) is 46.3 Å². The Hall–Kier alpha value is -4.67. The Kier molecular flexibility index (Phi) is 7.52. The zero-order valence-corrected chi connectivity index (χ0v) is 20.2. The molecule has 11 heteroatoms.